The van der Waals surface area contributed by atoms with E-state index in [1.165, 1.54) is 24.4 Å². The maximum atomic E-state index is 11.6. The predicted molar refractivity (Wildman–Crippen MR) is 92.4 cm³/mol. The molecular formula is C15H25N2O8P. The maximum absolute atomic E-state index is 11.6. The molecule has 0 saturated carbocycles. The molecule has 1 rings (SSSR count). The molecule has 0 aromatic rings. The second-order valence-corrected chi connectivity index (χ2v) is 6.84. The van der Waals surface area contributed by atoms with Crippen molar-refractivity contribution in [3.05, 3.63) is 36.6 Å². The number of allylic oxidation sites excluding steroid dienone is 2. The molecule has 26 heavy (non-hydrogen) atoms. The quantitative estimate of drug-likeness (QED) is 0.180. The number of aliphatic hydroxyl groups excluding tert-OH is 2. The summed E-state index contributed by atoms with van der Waals surface area (Å²) in [6, 6.07) is 0. The summed E-state index contributed by atoms with van der Waals surface area (Å²) in [5.41, 5.74) is 5.30. The Morgan fingerprint density at radius 3 is 2.65 bits per heavy atom. The first-order valence-corrected chi connectivity index (χ1v) is 9.40. The molecule has 11 heteroatoms. The largest absolute Gasteiger partial charge is 0.472 e. The summed E-state index contributed by atoms with van der Waals surface area (Å²) >= 11 is 0. The zero-order valence-electron chi connectivity index (χ0n) is 14.4. The van der Waals surface area contributed by atoms with E-state index < -0.39 is 44.9 Å². The smallest absolute Gasteiger partial charge is 0.387 e. The molecule has 6 N–H and O–H groups in total. The fraction of sp³-hybridized carbons (Fsp3) is 0.533. The Balaban J connectivity index is 2.55. The molecule has 5 atom stereocenters. The van der Waals surface area contributed by atoms with Gasteiger partial charge in [-0.05, 0) is 24.8 Å². The number of hydrogen-bond donors (Lipinski definition) is 5. The zero-order chi connectivity index (χ0) is 19.7. The summed E-state index contributed by atoms with van der Waals surface area (Å²) in [5, 5.41) is 22.6. The van der Waals surface area contributed by atoms with Gasteiger partial charge in [0.25, 0.3) is 0 Å². The average molecular weight is 392 g/mol. The van der Waals surface area contributed by atoms with Crippen LogP contribution in [0, 0.1) is 0 Å². The Kier molecular flexibility index (Phi) is 9.17. The number of phosphoric acid groups is 1. The van der Waals surface area contributed by atoms with Crippen LogP contribution in [0.2, 0.25) is 0 Å². The average Bonchev–Trinajstić information content (AvgIpc) is 2.86. The lowest BCUT2D eigenvalue weighted by Crippen LogP contribution is -2.38. The molecule has 1 aliphatic heterocycles. The predicted octanol–water partition coefficient (Wildman–Crippen LogP) is -0.322. The number of hydrogen-bond acceptors (Lipinski definition) is 8. The molecule has 0 spiro atoms. The van der Waals surface area contributed by atoms with Gasteiger partial charge in [-0.1, -0.05) is 19.6 Å². The molecule has 1 aliphatic rings. The molecule has 0 aromatic carbocycles. The SMILES string of the molecule is C=C/C(=C\C=C/NC1OC(COP(=O)(O)OCCC)[C@@H](O)[C@H]1O)C(N)=O. The number of carbonyl (C=O) groups excluding carboxylic acids is 1. The zero-order valence-corrected chi connectivity index (χ0v) is 15.2. The summed E-state index contributed by atoms with van der Waals surface area (Å²) in [6.07, 6.45) is 1.37. The molecule has 1 fully saturated rings. The number of carbonyl (C=O) groups is 1. The normalized spacial score (nSPS) is 28.8. The van der Waals surface area contributed by atoms with E-state index in [0.717, 1.165) is 0 Å². The van der Waals surface area contributed by atoms with E-state index in [1.54, 1.807) is 6.92 Å². The third kappa shape index (κ3) is 7.00. The number of rotatable bonds is 11. The Bertz CT molecular complexity index is 594. The van der Waals surface area contributed by atoms with Gasteiger partial charge in [0.15, 0.2) is 6.23 Å². The minimum atomic E-state index is -4.25. The highest BCUT2D eigenvalue weighted by Crippen LogP contribution is 2.43. The Hall–Kier alpha value is -1.52. The van der Waals surface area contributed by atoms with Gasteiger partial charge in [-0.2, -0.15) is 0 Å². The highest BCUT2D eigenvalue weighted by molar-refractivity contribution is 7.47. The van der Waals surface area contributed by atoms with Crippen molar-refractivity contribution in [3.8, 4) is 0 Å². The molecular weight excluding hydrogens is 367 g/mol. The van der Waals surface area contributed by atoms with Gasteiger partial charge in [-0.15, -0.1) is 0 Å². The number of primary amides is 1. The fourth-order valence-corrected chi connectivity index (χ4v) is 2.81. The standard InChI is InChI=1S/C15H25N2O8P/c1-3-8-23-26(21,22)24-9-11-12(18)13(19)15(25-11)17-7-5-6-10(4-2)14(16)20/h4-7,11-13,15,17-19H,2-3,8-9H2,1H3,(H2,16,20)(H,21,22)/b7-5-,10-6+/t11?,12-,13-,15?/m1/s1. The number of phosphoric ester groups is 1. The van der Waals surface area contributed by atoms with Crippen molar-refractivity contribution < 1.29 is 38.3 Å². The van der Waals surface area contributed by atoms with E-state index in [9.17, 15) is 24.5 Å². The summed E-state index contributed by atoms with van der Waals surface area (Å²) < 4.78 is 26.4. The van der Waals surface area contributed by atoms with Crippen molar-refractivity contribution in [2.24, 2.45) is 5.73 Å². The molecule has 1 saturated heterocycles. The third-order valence-electron chi connectivity index (χ3n) is 3.36. The number of amides is 1. The number of ether oxygens (including phenoxy) is 1. The van der Waals surface area contributed by atoms with E-state index in [0.29, 0.717) is 6.42 Å². The van der Waals surface area contributed by atoms with E-state index >= 15 is 0 Å². The van der Waals surface area contributed by atoms with Gasteiger partial charge in [-0.25, -0.2) is 4.57 Å². The van der Waals surface area contributed by atoms with Gasteiger partial charge in [0, 0.05) is 5.57 Å². The van der Waals surface area contributed by atoms with Crippen LogP contribution >= 0.6 is 7.82 Å². The van der Waals surface area contributed by atoms with E-state index in [-0.39, 0.29) is 12.2 Å². The topological polar surface area (TPSA) is 161 Å². The molecule has 148 valence electrons. The Labute approximate surface area is 151 Å². The first kappa shape index (κ1) is 22.5. The number of aliphatic hydroxyl groups is 2. The third-order valence-corrected chi connectivity index (χ3v) is 4.34. The van der Waals surface area contributed by atoms with Crippen LogP contribution in [0.5, 0.6) is 0 Å². The van der Waals surface area contributed by atoms with Gasteiger partial charge < -0.3 is 30.9 Å². The second kappa shape index (κ2) is 10.6. The van der Waals surface area contributed by atoms with Gasteiger partial charge in [0.05, 0.1) is 13.2 Å². The minimum absolute atomic E-state index is 0.0466. The van der Waals surface area contributed by atoms with E-state index in [2.05, 4.69) is 16.4 Å². The van der Waals surface area contributed by atoms with Crippen molar-refractivity contribution in [3.63, 3.8) is 0 Å². The lowest BCUT2D eigenvalue weighted by Gasteiger charge is -2.17. The van der Waals surface area contributed by atoms with Crippen LogP contribution in [0.15, 0.2) is 36.6 Å². The number of nitrogens with two attached hydrogens (primary N) is 1. The van der Waals surface area contributed by atoms with Crippen molar-refractivity contribution in [2.45, 2.75) is 37.9 Å². The Morgan fingerprint density at radius 2 is 2.08 bits per heavy atom. The first-order chi connectivity index (χ1) is 12.2. The first-order valence-electron chi connectivity index (χ1n) is 7.90. The van der Waals surface area contributed by atoms with Crippen molar-refractivity contribution >= 4 is 13.7 Å². The van der Waals surface area contributed by atoms with Crippen LogP contribution in [-0.2, 0) is 23.1 Å². The highest BCUT2D eigenvalue weighted by Gasteiger charge is 2.43. The van der Waals surface area contributed by atoms with Crippen molar-refractivity contribution in [2.75, 3.05) is 13.2 Å². The summed E-state index contributed by atoms with van der Waals surface area (Å²) in [5.74, 6) is -0.645. The van der Waals surface area contributed by atoms with Crippen molar-refractivity contribution in [1.29, 1.82) is 0 Å². The monoisotopic (exact) mass is 392 g/mol. The van der Waals surface area contributed by atoms with Crippen molar-refractivity contribution in [1.82, 2.24) is 5.32 Å². The van der Waals surface area contributed by atoms with Crippen LogP contribution in [0.1, 0.15) is 13.3 Å². The molecule has 1 amide bonds. The van der Waals surface area contributed by atoms with Crippen LogP contribution in [0.3, 0.4) is 0 Å². The number of nitrogens with one attached hydrogen (secondary N) is 1. The molecule has 0 aromatic heterocycles. The minimum Gasteiger partial charge on any atom is -0.387 e. The van der Waals surface area contributed by atoms with Gasteiger partial charge in [0.2, 0.25) is 5.91 Å². The van der Waals surface area contributed by atoms with Crippen LogP contribution < -0.4 is 11.1 Å². The molecule has 10 nitrogen and oxygen atoms in total. The Morgan fingerprint density at radius 1 is 1.38 bits per heavy atom. The summed E-state index contributed by atoms with van der Waals surface area (Å²) in [7, 11) is -4.25. The van der Waals surface area contributed by atoms with Crippen LogP contribution in [-0.4, -0.2) is 58.8 Å². The van der Waals surface area contributed by atoms with Gasteiger partial charge >= 0.3 is 7.82 Å². The van der Waals surface area contributed by atoms with Crippen LogP contribution in [0.25, 0.3) is 0 Å². The summed E-state index contributed by atoms with van der Waals surface area (Å²) in [6.45, 7) is 4.81. The highest BCUT2D eigenvalue weighted by atomic mass is 31.2. The lowest BCUT2D eigenvalue weighted by molar-refractivity contribution is -0.114. The van der Waals surface area contributed by atoms with Crippen LogP contribution in [0.4, 0.5) is 0 Å². The van der Waals surface area contributed by atoms with Gasteiger partial charge in [0.1, 0.15) is 18.3 Å². The molecule has 3 unspecified atom stereocenters. The lowest BCUT2D eigenvalue weighted by atomic mass is 10.1. The van der Waals surface area contributed by atoms with E-state index in [4.69, 9.17) is 15.0 Å². The van der Waals surface area contributed by atoms with E-state index in [1.807, 2.05) is 0 Å². The molecule has 1 heterocycles. The second-order valence-electron chi connectivity index (χ2n) is 5.39. The summed E-state index contributed by atoms with van der Waals surface area (Å²) in [4.78, 5) is 20.5. The maximum Gasteiger partial charge on any atom is 0.472 e. The molecule has 0 bridgehead atoms. The van der Waals surface area contributed by atoms with Gasteiger partial charge in [-0.3, -0.25) is 13.8 Å². The fourth-order valence-electron chi connectivity index (χ4n) is 1.99. The molecule has 0 aliphatic carbocycles. The molecule has 0 radical (unpaired) electrons.